The first kappa shape index (κ1) is 16.0. The van der Waals surface area contributed by atoms with E-state index < -0.39 is 0 Å². The monoisotopic (exact) mass is 318 g/mol. The third-order valence-electron chi connectivity index (χ3n) is 5.02. The van der Waals surface area contributed by atoms with Gasteiger partial charge in [-0.05, 0) is 38.2 Å². The Balaban J connectivity index is 1.66. The second-order valence-electron chi connectivity index (χ2n) is 6.63. The van der Waals surface area contributed by atoms with Gasteiger partial charge in [-0.25, -0.2) is 0 Å². The van der Waals surface area contributed by atoms with Gasteiger partial charge in [0.05, 0.1) is 0 Å². The molecule has 0 radical (unpaired) electrons. The average molecular weight is 318 g/mol. The lowest BCUT2D eigenvalue weighted by atomic mass is 9.94. The molecule has 23 heavy (non-hydrogen) atoms. The highest BCUT2D eigenvalue weighted by Crippen LogP contribution is 2.28. The number of rotatable bonds is 4. The Labute approximate surface area is 137 Å². The molecule has 0 saturated carbocycles. The first-order valence-corrected chi connectivity index (χ1v) is 8.78. The van der Waals surface area contributed by atoms with Crippen molar-refractivity contribution in [1.29, 1.82) is 0 Å². The number of amides is 2. The highest BCUT2D eigenvalue weighted by Gasteiger charge is 2.37. The van der Waals surface area contributed by atoms with Crippen molar-refractivity contribution < 1.29 is 9.59 Å². The SMILES string of the molecule is CCCC(=O)N1CCCC1C(=O)N1CCCC(c2ccn[nH]2)C1. The molecule has 2 aliphatic rings. The van der Waals surface area contributed by atoms with Gasteiger partial charge in [0.25, 0.3) is 0 Å². The molecule has 6 nitrogen and oxygen atoms in total. The predicted octanol–water partition coefficient (Wildman–Crippen LogP) is 1.91. The molecule has 0 aliphatic carbocycles. The van der Waals surface area contributed by atoms with Crippen molar-refractivity contribution in [3.8, 4) is 0 Å². The molecule has 2 amide bonds. The first-order valence-electron chi connectivity index (χ1n) is 8.78. The summed E-state index contributed by atoms with van der Waals surface area (Å²) in [6, 6.07) is 1.75. The quantitative estimate of drug-likeness (QED) is 0.922. The Kier molecular flexibility index (Phi) is 4.98. The van der Waals surface area contributed by atoms with Crippen LogP contribution in [0.25, 0.3) is 0 Å². The number of aromatic amines is 1. The number of piperidine rings is 1. The van der Waals surface area contributed by atoms with Crippen molar-refractivity contribution in [2.45, 2.75) is 57.4 Å². The summed E-state index contributed by atoms with van der Waals surface area (Å²) in [4.78, 5) is 28.9. The zero-order chi connectivity index (χ0) is 16.2. The number of carbonyl (C=O) groups is 2. The van der Waals surface area contributed by atoms with Crippen LogP contribution < -0.4 is 0 Å². The van der Waals surface area contributed by atoms with Gasteiger partial charge in [0.15, 0.2) is 0 Å². The molecule has 126 valence electrons. The number of nitrogens with one attached hydrogen (secondary N) is 1. The molecule has 3 rings (SSSR count). The highest BCUT2D eigenvalue weighted by atomic mass is 16.2. The molecule has 0 spiro atoms. The molecule has 3 heterocycles. The van der Waals surface area contributed by atoms with Gasteiger partial charge in [-0.1, -0.05) is 6.92 Å². The van der Waals surface area contributed by atoms with Crippen molar-refractivity contribution >= 4 is 11.8 Å². The number of hydrogen-bond acceptors (Lipinski definition) is 3. The Bertz CT molecular complexity index is 543. The smallest absolute Gasteiger partial charge is 0.245 e. The van der Waals surface area contributed by atoms with E-state index in [1.807, 2.05) is 22.8 Å². The number of nitrogens with zero attached hydrogens (tertiary/aromatic N) is 3. The molecular formula is C17H26N4O2. The van der Waals surface area contributed by atoms with Gasteiger partial charge in [-0.15, -0.1) is 0 Å². The zero-order valence-corrected chi connectivity index (χ0v) is 13.8. The summed E-state index contributed by atoms with van der Waals surface area (Å²) in [5, 5.41) is 7.05. The highest BCUT2D eigenvalue weighted by molar-refractivity contribution is 5.88. The number of H-pyrrole nitrogens is 1. The van der Waals surface area contributed by atoms with E-state index in [2.05, 4.69) is 10.2 Å². The van der Waals surface area contributed by atoms with Crippen LogP contribution in [-0.2, 0) is 9.59 Å². The minimum Gasteiger partial charge on any atom is -0.340 e. The second-order valence-corrected chi connectivity index (χ2v) is 6.63. The molecule has 6 heteroatoms. The molecule has 1 N–H and O–H groups in total. The van der Waals surface area contributed by atoms with Gasteiger partial charge in [-0.2, -0.15) is 5.10 Å². The summed E-state index contributed by atoms with van der Waals surface area (Å²) in [5.74, 6) is 0.595. The summed E-state index contributed by atoms with van der Waals surface area (Å²) in [6.45, 7) is 4.26. The van der Waals surface area contributed by atoms with Crippen LogP contribution in [0.3, 0.4) is 0 Å². The largest absolute Gasteiger partial charge is 0.340 e. The van der Waals surface area contributed by atoms with Crippen molar-refractivity contribution in [2.75, 3.05) is 19.6 Å². The molecule has 0 aromatic carbocycles. The van der Waals surface area contributed by atoms with E-state index in [9.17, 15) is 9.59 Å². The topological polar surface area (TPSA) is 69.3 Å². The summed E-state index contributed by atoms with van der Waals surface area (Å²) < 4.78 is 0. The van der Waals surface area contributed by atoms with Crippen LogP contribution in [0.15, 0.2) is 12.3 Å². The van der Waals surface area contributed by atoms with E-state index in [-0.39, 0.29) is 17.9 Å². The fraction of sp³-hybridized carbons (Fsp3) is 0.706. The zero-order valence-electron chi connectivity index (χ0n) is 13.8. The average Bonchev–Trinajstić information content (AvgIpc) is 3.26. The third kappa shape index (κ3) is 3.41. The molecule has 2 aliphatic heterocycles. The van der Waals surface area contributed by atoms with Gasteiger partial charge < -0.3 is 9.80 Å². The lowest BCUT2D eigenvalue weighted by molar-refractivity contribution is -0.144. The molecular weight excluding hydrogens is 292 g/mol. The van der Waals surface area contributed by atoms with E-state index >= 15 is 0 Å². The summed E-state index contributed by atoms with van der Waals surface area (Å²) in [7, 11) is 0. The predicted molar refractivity (Wildman–Crippen MR) is 86.8 cm³/mol. The van der Waals surface area contributed by atoms with Crippen LogP contribution >= 0.6 is 0 Å². The fourth-order valence-corrected chi connectivity index (χ4v) is 3.82. The lowest BCUT2D eigenvalue weighted by Crippen LogP contribution is -2.50. The minimum absolute atomic E-state index is 0.130. The molecule has 2 atom stereocenters. The Morgan fingerprint density at radius 1 is 1.30 bits per heavy atom. The maximum Gasteiger partial charge on any atom is 0.245 e. The van der Waals surface area contributed by atoms with E-state index in [1.54, 1.807) is 6.20 Å². The van der Waals surface area contributed by atoms with E-state index in [0.29, 0.717) is 12.3 Å². The Hall–Kier alpha value is -1.85. The van der Waals surface area contributed by atoms with Crippen LogP contribution in [0, 0.1) is 0 Å². The van der Waals surface area contributed by atoms with Gasteiger partial charge in [0.2, 0.25) is 11.8 Å². The molecule has 1 aromatic heterocycles. The number of carbonyl (C=O) groups excluding carboxylic acids is 2. The van der Waals surface area contributed by atoms with Gasteiger partial charge in [0.1, 0.15) is 6.04 Å². The minimum atomic E-state index is -0.241. The Morgan fingerprint density at radius 3 is 2.87 bits per heavy atom. The second kappa shape index (κ2) is 7.15. The van der Waals surface area contributed by atoms with E-state index in [1.165, 1.54) is 0 Å². The van der Waals surface area contributed by atoms with Gasteiger partial charge in [-0.3, -0.25) is 14.7 Å². The Morgan fingerprint density at radius 2 is 2.13 bits per heavy atom. The fourth-order valence-electron chi connectivity index (χ4n) is 3.82. The van der Waals surface area contributed by atoms with Crippen molar-refractivity contribution in [2.24, 2.45) is 0 Å². The maximum atomic E-state index is 12.9. The number of hydrogen-bond donors (Lipinski definition) is 1. The van der Waals surface area contributed by atoms with Crippen molar-refractivity contribution in [3.05, 3.63) is 18.0 Å². The van der Waals surface area contributed by atoms with Crippen LogP contribution in [0.5, 0.6) is 0 Å². The normalized spacial score (nSPS) is 24.9. The first-order chi connectivity index (χ1) is 11.2. The standard InChI is InChI=1S/C17H26N4O2/c1-2-5-16(22)21-11-4-7-15(21)17(23)20-10-3-6-13(12-20)14-8-9-18-19-14/h8-9,13,15H,2-7,10-12H2,1H3,(H,18,19). The van der Waals surface area contributed by atoms with Crippen LogP contribution in [0.4, 0.5) is 0 Å². The van der Waals surface area contributed by atoms with Crippen molar-refractivity contribution in [1.82, 2.24) is 20.0 Å². The summed E-state index contributed by atoms with van der Waals surface area (Å²) in [5.41, 5.74) is 1.10. The van der Waals surface area contributed by atoms with E-state index in [0.717, 1.165) is 57.4 Å². The van der Waals surface area contributed by atoms with Gasteiger partial charge >= 0.3 is 0 Å². The number of likely N-dealkylation sites (tertiary alicyclic amines) is 2. The van der Waals surface area contributed by atoms with Crippen LogP contribution in [-0.4, -0.2) is 57.5 Å². The van der Waals surface area contributed by atoms with Gasteiger partial charge in [0, 0.05) is 43.9 Å². The molecule has 0 bridgehead atoms. The molecule has 2 saturated heterocycles. The lowest BCUT2D eigenvalue weighted by Gasteiger charge is -2.36. The van der Waals surface area contributed by atoms with Crippen molar-refractivity contribution in [3.63, 3.8) is 0 Å². The molecule has 2 unspecified atom stereocenters. The summed E-state index contributed by atoms with van der Waals surface area (Å²) >= 11 is 0. The number of aromatic nitrogens is 2. The molecule has 1 aromatic rings. The summed E-state index contributed by atoms with van der Waals surface area (Å²) in [6.07, 6.45) is 6.96. The van der Waals surface area contributed by atoms with Crippen LogP contribution in [0.2, 0.25) is 0 Å². The molecule has 2 fully saturated rings. The van der Waals surface area contributed by atoms with E-state index in [4.69, 9.17) is 0 Å². The maximum absolute atomic E-state index is 12.9. The van der Waals surface area contributed by atoms with Crippen LogP contribution in [0.1, 0.15) is 57.1 Å². The third-order valence-corrected chi connectivity index (χ3v) is 5.02.